The highest BCUT2D eigenvalue weighted by Crippen LogP contribution is 2.32. The molecule has 4 rings (SSSR count). The zero-order valence-corrected chi connectivity index (χ0v) is 12.8. The van der Waals surface area contributed by atoms with E-state index >= 15 is 0 Å². The number of carbonyl (C=O) groups is 1. The predicted octanol–water partition coefficient (Wildman–Crippen LogP) is 4.29. The SMILES string of the molecule is O=C1/C(=C\c2cccc([N+](=O)[O-])c2)CCc2c1[nH]c1ccccc21. The van der Waals surface area contributed by atoms with E-state index in [-0.39, 0.29) is 11.5 Å². The first-order valence-corrected chi connectivity index (χ1v) is 7.73. The van der Waals surface area contributed by atoms with Gasteiger partial charge in [0.05, 0.1) is 10.6 Å². The van der Waals surface area contributed by atoms with Crippen LogP contribution in [-0.4, -0.2) is 15.7 Å². The summed E-state index contributed by atoms with van der Waals surface area (Å²) in [6.45, 7) is 0. The van der Waals surface area contributed by atoms with E-state index in [4.69, 9.17) is 0 Å². The average molecular weight is 318 g/mol. The van der Waals surface area contributed by atoms with Crippen LogP contribution in [-0.2, 0) is 6.42 Å². The van der Waals surface area contributed by atoms with Crippen molar-refractivity contribution in [2.24, 2.45) is 0 Å². The molecule has 0 atom stereocenters. The number of aromatic amines is 1. The first-order chi connectivity index (χ1) is 11.6. The second-order valence-corrected chi connectivity index (χ2v) is 5.87. The number of hydrogen-bond donors (Lipinski definition) is 1. The Hall–Kier alpha value is -3.21. The third-order valence-electron chi connectivity index (χ3n) is 4.40. The molecule has 0 saturated carbocycles. The van der Waals surface area contributed by atoms with Crippen LogP contribution in [0.5, 0.6) is 0 Å². The quantitative estimate of drug-likeness (QED) is 0.435. The number of aromatic nitrogens is 1. The largest absolute Gasteiger partial charge is 0.352 e. The van der Waals surface area contributed by atoms with E-state index in [1.54, 1.807) is 18.2 Å². The molecule has 1 aliphatic rings. The van der Waals surface area contributed by atoms with Crippen LogP contribution in [0, 0.1) is 10.1 Å². The topological polar surface area (TPSA) is 76.0 Å². The molecule has 0 amide bonds. The van der Waals surface area contributed by atoms with Crippen LogP contribution in [0.15, 0.2) is 54.1 Å². The molecule has 1 N–H and O–H groups in total. The Morgan fingerprint density at radius 3 is 2.75 bits per heavy atom. The Labute approximate surface area is 137 Å². The molecule has 24 heavy (non-hydrogen) atoms. The van der Waals surface area contributed by atoms with Crippen molar-refractivity contribution >= 4 is 28.4 Å². The van der Waals surface area contributed by atoms with Crippen LogP contribution in [0.25, 0.3) is 17.0 Å². The summed E-state index contributed by atoms with van der Waals surface area (Å²) < 4.78 is 0. The van der Waals surface area contributed by atoms with E-state index < -0.39 is 4.92 Å². The molecule has 5 nitrogen and oxygen atoms in total. The van der Waals surface area contributed by atoms with Gasteiger partial charge in [-0.15, -0.1) is 0 Å². The van der Waals surface area contributed by atoms with Crippen LogP contribution in [0.3, 0.4) is 0 Å². The number of Topliss-reactive ketones (excluding diaryl/α,β-unsaturated/α-hetero) is 1. The minimum absolute atomic E-state index is 0.0268. The Balaban J connectivity index is 1.75. The van der Waals surface area contributed by atoms with Crippen molar-refractivity contribution in [2.45, 2.75) is 12.8 Å². The standard InChI is InChI=1S/C19H14N2O3/c22-19-13(10-12-4-3-5-14(11-12)21(23)24)8-9-16-15-6-1-2-7-17(15)20-18(16)19/h1-7,10-11,20H,8-9H2/b13-10-. The number of allylic oxidation sites excluding steroid dienone is 1. The van der Waals surface area contributed by atoms with Crippen molar-refractivity contribution in [1.29, 1.82) is 0 Å². The number of H-pyrrole nitrogens is 1. The zero-order chi connectivity index (χ0) is 16.7. The van der Waals surface area contributed by atoms with Gasteiger partial charge in [-0.05, 0) is 36.1 Å². The van der Waals surface area contributed by atoms with Crippen molar-refractivity contribution in [3.63, 3.8) is 0 Å². The van der Waals surface area contributed by atoms with E-state index in [0.717, 1.165) is 22.9 Å². The number of rotatable bonds is 2. The summed E-state index contributed by atoms with van der Waals surface area (Å²) in [5, 5.41) is 12.0. The van der Waals surface area contributed by atoms with Gasteiger partial charge in [-0.2, -0.15) is 0 Å². The molecule has 5 heteroatoms. The van der Waals surface area contributed by atoms with Crippen molar-refractivity contribution in [3.05, 3.63) is 81.0 Å². The predicted molar refractivity (Wildman–Crippen MR) is 92.0 cm³/mol. The molecule has 0 unspecified atom stereocenters. The molecule has 2 aromatic carbocycles. The van der Waals surface area contributed by atoms with Gasteiger partial charge >= 0.3 is 0 Å². The highest BCUT2D eigenvalue weighted by molar-refractivity contribution is 6.15. The molecular formula is C19H14N2O3. The number of nitro benzene ring substituents is 1. The molecule has 0 saturated heterocycles. The monoisotopic (exact) mass is 318 g/mol. The summed E-state index contributed by atoms with van der Waals surface area (Å²) in [6, 6.07) is 14.2. The van der Waals surface area contributed by atoms with E-state index in [0.29, 0.717) is 23.3 Å². The first-order valence-electron chi connectivity index (χ1n) is 7.73. The van der Waals surface area contributed by atoms with Crippen LogP contribution in [0.4, 0.5) is 5.69 Å². The Morgan fingerprint density at radius 2 is 1.92 bits per heavy atom. The van der Waals surface area contributed by atoms with Gasteiger partial charge in [0.15, 0.2) is 0 Å². The maximum Gasteiger partial charge on any atom is 0.270 e. The number of carbonyl (C=O) groups excluding carboxylic acids is 1. The maximum atomic E-state index is 12.8. The lowest BCUT2D eigenvalue weighted by Gasteiger charge is -2.14. The number of para-hydroxylation sites is 1. The molecule has 0 bridgehead atoms. The number of nitrogens with zero attached hydrogens (tertiary/aromatic N) is 1. The fraction of sp³-hybridized carbons (Fsp3) is 0.105. The van der Waals surface area contributed by atoms with Crippen LogP contribution in [0.2, 0.25) is 0 Å². The van der Waals surface area contributed by atoms with Gasteiger partial charge < -0.3 is 4.98 Å². The number of aryl methyl sites for hydroxylation is 1. The molecule has 118 valence electrons. The van der Waals surface area contributed by atoms with Crippen molar-refractivity contribution in [2.75, 3.05) is 0 Å². The van der Waals surface area contributed by atoms with Gasteiger partial charge in [-0.1, -0.05) is 30.3 Å². The number of nitrogens with one attached hydrogen (secondary N) is 1. The van der Waals surface area contributed by atoms with E-state index in [9.17, 15) is 14.9 Å². The molecule has 1 aromatic heterocycles. The zero-order valence-electron chi connectivity index (χ0n) is 12.8. The molecule has 0 radical (unpaired) electrons. The van der Waals surface area contributed by atoms with Gasteiger partial charge in [-0.25, -0.2) is 0 Å². The summed E-state index contributed by atoms with van der Waals surface area (Å²) in [7, 11) is 0. The van der Waals surface area contributed by atoms with E-state index in [2.05, 4.69) is 4.98 Å². The molecule has 0 aliphatic heterocycles. The lowest BCUT2D eigenvalue weighted by atomic mass is 9.89. The number of nitro groups is 1. The highest BCUT2D eigenvalue weighted by atomic mass is 16.6. The number of non-ortho nitro benzene ring substituents is 1. The fourth-order valence-corrected chi connectivity index (χ4v) is 3.25. The summed E-state index contributed by atoms with van der Waals surface area (Å²) in [4.78, 5) is 26.4. The van der Waals surface area contributed by atoms with Gasteiger partial charge in [0, 0.05) is 28.6 Å². The van der Waals surface area contributed by atoms with Gasteiger partial charge in [0.1, 0.15) is 0 Å². The first kappa shape index (κ1) is 14.4. The third kappa shape index (κ3) is 2.31. The number of fused-ring (bicyclic) bond motifs is 3. The molecule has 1 aliphatic carbocycles. The van der Waals surface area contributed by atoms with Gasteiger partial charge in [-0.3, -0.25) is 14.9 Å². The maximum absolute atomic E-state index is 12.8. The van der Waals surface area contributed by atoms with Crippen LogP contribution < -0.4 is 0 Å². The Morgan fingerprint density at radius 1 is 1.08 bits per heavy atom. The minimum Gasteiger partial charge on any atom is -0.352 e. The molecule has 1 heterocycles. The lowest BCUT2D eigenvalue weighted by molar-refractivity contribution is -0.384. The Bertz CT molecular complexity index is 1010. The number of ketones is 1. The van der Waals surface area contributed by atoms with Gasteiger partial charge in [0.25, 0.3) is 5.69 Å². The number of hydrogen-bond acceptors (Lipinski definition) is 3. The van der Waals surface area contributed by atoms with Crippen molar-refractivity contribution in [3.8, 4) is 0 Å². The second-order valence-electron chi connectivity index (χ2n) is 5.87. The highest BCUT2D eigenvalue weighted by Gasteiger charge is 2.25. The molecule has 3 aromatic rings. The van der Waals surface area contributed by atoms with Crippen LogP contribution in [0.1, 0.15) is 28.0 Å². The summed E-state index contributed by atoms with van der Waals surface area (Å²) >= 11 is 0. The summed E-state index contributed by atoms with van der Waals surface area (Å²) in [6.07, 6.45) is 3.17. The molecular weight excluding hydrogens is 304 g/mol. The van der Waals surface area contributed by atoms with Crippen molar-refractivity contribution in [1.82, 2.24) is 4.98 Å². The second kappa shape index (κ2) is 5.45. The smallest absolute Gasteiger partial charge is 0.270 e. The summed E-state index contributed by atoms with van der Waals surface area (Å²) in [5.41, 5.74) is 4.04. The third-order valence-corrected chi connectivity index (χ3v) is 4.40. The molecule has 0 fully saturated rings. The number of benzene rings is 2. The fourth-order valence-electron chi connectivity index (χ4n) is 3.25. The van der Waals surface area contributed by atoms with Crippen molar-refractivity contribution < 1.29 is 9.72 Å². The normalized spacial score (nSPS) is 15.7. The van der Waals surface area contributed by atoms with E-state index in [1.807, 2.05) is 24.3 Å². The average Bonchev–Trinajstić information content (AvgIpc) is 2.97. The van der Waals surface area contributed by atoms with E-state index in [1.165, 1.54) is 12.1 Å². The minimum atomic E-state index is -0.430. The van der Waals surface area contributed by atoms with Crippen LogP contribution >= 0.6 is 0 Å². The van der Waals surface area contributed by atoms with Gasteiger partial charge in [0.2, 0.25) is 5.78 Å². The molecule has 0 spiro atoms. The Kier molecular flexibility index (Phi) is 3.27. The lowest BCUT2D eigenvalue weighted by Crippen LogP contribution is -2.13. The summed E-state index contributed by atoms with van der Waals surface area (Å²) in [5.74, 6) is -0.0287.